The lowest BCUT2D eigenvalue weighted by Gasteiger charge is -1.99. The van der Waals surface area contributed by atoms with Gasteiger partial charge in [0.15, 0.2) is 5.78 Å². The van der Waals surface area contributed by atoms with Crippen LogP contribution in [0.15, 0.2) is 36.4 Å². The maximum Gasteiger partial charge on any atom is 0.175 e. The van der Waals surface area contributed by atoms with Crippen molar-refractivity contribution in [2.75, 3.05) is 0 Å². The van der Waals surface area contributed by atoms with Gasteiger partial charge >= 0.3 is 0 Å². The normalized spacial score (nSPS) is 14.7. The summed E-state index contributed by atoms with van der Waals surface area (Å²) in [5, 5.41) is 0. The lowest BCUT2D eigenvalue weighted by molar-refractivity contribution is 0.0971. The number of hydrogen-bond acceptors (Lipinski definition) is 2. The second-order valence-corrected chi connectivity index (χ2v) is 5.94. The third-order valence-electron chi connectivity index (χ3n) is 3.44. The van der Waals surface area contributed by atoms with Crippen molar-refractivity contribution in [3.63, 3.8) is 0 Å². The Labute approximate surface area is 111 Å². The lowest BCUT2D eigenvalue weighted by Crippen LogP contribution is -1.96. The second kappa shape index (κ2) is 4.69. The molecule has 0 atom stereocenters. The molecule has 0 N–H and O–H groups in total. The Bertz CT molecular complexity index is 561. The fraction of sp³-hybridized carbons (Fsp3) is 0.312. The standard InChI is InChI=1S/C16H16OS/c1-2-11-3-5-12(6-4-11)14-9-10-15(18-14)16(17)13-7-8-13/h3-6,9-10,13H,2,7-8H2,1H3. The first-order valence-corrected chi connectivity index (χ1v) is 7.33. The van der Waals surface area contributed by atoms with Crippen LogP contribution in [-0.2, 0) is 6.42 Å². The molecule has 3 rings (SSSR count). The molecule has 0 saturated heterocycles. The first-order chi connectivity index (χ1) is 8.78. The van der Waals surface area contributed by atoms with Crippen LogP contribution >= 0.6 is 11.3 Å². The van der Waals surface area contributed by atoms with Gasteiger partial charge in [0, 0.05) is 10.8 Å². The third kappa shape index (κ3) is 2.25. The van der Waals surface area contributed by atoms with Crippen LogP contribution in [0.3, 0.4) is 0 Å². The van der Waals surface area contributed by atoms with E-state index in [4.69, 9.17) is 0 Å². The van der Waals surface area contributed by atoms with Crippen molar-refractivity contribution in [3.05, 3.63) is 46.8 Å². The highest BCUT2D eigenvalue weighted by molar-refractivity contribution is 7.17. The predicted octanol–water partition coefficient (Wildman–Crippen LogP) is 4.57. The van der Waals surface area contributed by atoms with Crippen LogP contribution < -0.4 is 0 Å². The van der Waals surface area contributed by atoms with Crippen LogP contribution in [-0.4, -0.2) is 5.78 Å². The van der Waals surface area contributed by atoms with E-state index in [1.807, 2.05) is 6.07 Å². The molecule has 1 aromatic carbocycles. The van der Waals surface area contributed by atoms with Gasteiger partial charge in [-0.25, -0.2) is 0 Å². The van der Waals surface area contributed by atoms with Crippen LogP contribution in [0.5, 0.6) is 0 Å². The molecule has 92 valence electrons. The minimum Gasteiger partial charge on any atom is -0.293 e. The summed E-state index contributed by atoms with van der Waals surface area (Å²) in [5.74, 6) is 0.662. The number of ketones is 1. The first-order valence-electron chi connectivity index (χ1n) is 6.51. The Morgan fingerprint density at radius 2 is 1.89 bits per heavy atom. The molecule has 0 radical (unpaired) electrons. The number of hydrogen-bond donors (Lipinski definition) is 0. The van der Waals surface area contributed by atoms with E-state index in [1.165, 1.54) is 16.0 Å². The minimum atomic E-state index is 0.318. The number of Topliss-reactive ketones (excluding diaryl/α,β-unsaturated/α-hetero) is 1. The summed E-state index contributed by atoms with van der Waals surface area (Å²) < 4.78 is 0. The fourth-order valence-corrected chi connectivity index (χ4v) is 3.11. The largest absolute Gasteiger partial charge is 0.293 e. The number of aryl methyl sites for hydroxylation is 1. The topological polar surface area (TPSA) is 17.1 Å². The highest BCUT2D eigenvalue weighted by atomic mass is 32.1. The Morgan fingerprint density at radius 1 is 1.17 bits per heavy atom. The van der Waals surface area contributed by atoms with Crippen molar-refractivity contribution in [3.8, 4) is 10.4 Å². The highest BCUT2D eigenvalue weighted by Crippen LogP contribution is 2.36. The quantitative estimate of drug-likeness (QED) is 0.732. The van der Waals surface area contributed by atoms with Crippen molar-refractivity contribution in [2.24, 2.45) is 5.92 Å². The molecular weight excluding hydrogens is 240 g/mol. The SMILES string of the molecule is CCc1ccc(-c2ccc(C(=O)C3CC3)s2)cc1. The monoisotopic (exact) mass is 256 g/mol. The van der Waals surface area contributed by atoms with Gasteiger partial charge < -0.3 is 0 Å². The third-order valence-corrected chi connectivity index (χ3v) is 4.59. The molecule has 0 bridgehead atoms. The Hall–Kier alpha value is -1.41. The molecule has 1 aliphatic carbocycles. The van der Waals surface area contributed by atoms with Crippen LogP contribution in [0.2, 0.25) is 0 Å². The average Bonchev–Trinajstić information content (AvgIpc) is 3.15. The summed E-state index contributed by atoms with van der Waals surface area (Å²) in [6, 6.07) is 12.7. The second-order valence-electron chi connectivity index (χ2n) is 4.85. The molecule has 1 heterocycles. The summed E-state index contributed by atoms with van der Waals surface area (Å²) in [4.78, 5) is 14.1. The molecule has 1 aromatic heterocycles. The number of carbonyl (C=O) groups excluding carboxylic acids is 1. The molecule has 2 heteroatoms. The van der Waals surface area contributed by atoms with Gasteiger partial charge in [-0.2, -0.15) is 0 Å². The van der Waals surface area contributed by atoms with Gasteiger partial charge in [0.2, 0.25) is 0 Å². The smallest absolute Gasteiger partial charge is 0.175 e. The first kappa shape index (κ1) is 11.7. The summed E-state index contributed by atoms with van der Waals surface area (Å²) in [6.45, 7) is 2.16. The van der Waals surface area contributed by atoms with Crippen LogP contribution in [0.1, 0.15) is 35.0 Å². The van der Waals surface area contributed by atoms with Crippen molar-refractivity contribution >= 4 is 17.1 Å². The van der Waals surface area contributed by atoms with Gasteiger partial charge in [-0.1, -0.05) is 31.2 Å². The van der Waals surface area contributed by atoms with E-state index < -0.39 is 0 Å². The van der Waals surface area contributed by atoms with Crippen LogP contribution in [0.4, 0.5) is 0 Å². The Morgan fingerprint density at radius 3 is 2.50 bits per heavy atom. The number of carbonyl (C=O) groups is 1. The van der Waals surface area contributed by atoms with Gasteiger partial charge in [-0.3, -0.25) is 4.79 Å². The minimum absolute atomic E-state index is 0.318. The maximum absolute atomic E-state index is 12.0. The summed E-state index contributed by atoms with van der Waals surface area (Å²) in [6.07, 6.45) is 3.23. The molecule has 1 nitrogen and oxygen atoms in total. The molecule has 0 aliphatic heterocycles. The van der Waals surface area contributed by atoms with Gasteiger partial charge in [-0.15, -0.1) is 11.3 Å². The van der Waals surface area contributed by atoms with Crippen LogP contribution in [0, 0.1) is 5.92 Å². The van der Waals surface area contributed by atoms with Gasteiger partial charge in [0.05, 0.1) is 4.88 Å². The molecule has 0 spiro atoms. The average molecular weight is 256 g/mol. The maximum atomic E-state index is 12.0. The Balaban J connectivity index is 1.85. The van der Waals surface area contributed by atoms with Gasteiger partial charge in [0.25, 0.3) is 0 Å². The molecule has 1 aliphatic rings. The zero-order chi connectivity index (χ0) is 12.5. The Kier molecular flexibility index (Phi) is 3.04. The predicted molar refractivity (Wildman–Crippen MR) is 76.2 cm³/mol. The molecule has 1 saturated carbocycles. The van der Waals surface area contributed by atoms with Crippen molar-refractivity contribution in [1.82, 2.24) is 0 Å². The van der Waals surface area contributed by atoms with E-state index in [-0.39, 0.29) is 0 Å². The lowest BCUT2D eigenvalue weighted by atomic mass is 10.1. The summed E-state index contributed by atoms with van der Waals surface area (Å²) in [5.41, 5.74) is 2.57. The molecular formula is C16H16OS. The molecule has 0 amide bonds. The number of thiophene rings is 1. The number of rotatable bonds is 4. The van der Waals surface area contributed by atoms with Crippen molar-refractivity contribution in [2.45, 2.75) is 26.2 Å². The van der Waals surface area contributed by atoms with E-state index in [0.717, 1.165) is 24.1 Å². The number of benzene rings is 1. The molecule has 2 aromatic rings. The highest BCUT2D eigenvalue weighted by Gasteiger charge is 2.31. The van der Waals surface area contributed by atoms with Crippen LogP contribution in [0.25, 0.3) is 10.4 Å². The zero-order valence-electron chi connectivity index (χ0n) is 10.5. The molecule has 18 heavy (non-hydrogen) atoms. The van der Waals surface area contributed by atoms with E-state index in [2.05, 4.69) is 37.3 Å². The van der Waals surface area contributed by atoms with Crippen molar-refractivity contribution < 1.29 is 4.79 Å². The molecule has 1 fully saturated rings. The zero-order valence-corrected chi connectivity index (χ0v) is 11.3. The van der Waals surface area contributed by atoms with Gasteiger partial charge in [-0.05, 0) is 42.5 Å². The summed E-state index contributed by atoms with van der Waals surface area (Å²) >= 11 is 1.63. The molecule has 0 unspecified atom stereocenters. The van der Waals surface area contributed by atoms with E-state index in [0.29, 0.717) is 11.7 Å². The van der Waals surface area contributed by atoms with Crippen molar-refractivity contribution in [1.29, 1.82) is 0 Å². The van der Waals surface area contributed by atoms with E-state index in [1.54, 1.807) is 11.3 Å². The van der Waals surface area contributed by atoms with Gasteiger partial charge in [0.1, 0.15) is 0 Å². The van der Waals surface area contributed by atoms with E-state index >= 15 is 0 Å². The summed E-state index contributed by atoms with van der Waals surface area (Å²) in [7, 11) is 0. The van der Waals surface area contributed by atoms with E-state index in [9.17, 15) is 4.79 Å². The fourth-order valence-electron chi connectivity index (χ4n) is 2.08.